The van der Waals surface area contributed by atoms with Gasteiger partial charge in [-0.25, -0.2) is 8.42 Å². The standard InChI is InChI=1S/C18H20N2O5S2/c1-4-23-14-6-7-16(24-5-2)15(10-14)20-27(21,22)18-9-13(11-26-18)17-8-12(3)19-25-17/h6-11,20H,4-5H2,1-3H3. The van der Waals surface area contributed by atoms with Crippen molar-refractivity contribution in [3.05, 3.63) is 41.4 Å². The van der Waals surface area contributed by atoms with Crippen LogP contribution in [0.3, 0.4) is 0 Å². The van der Waals surface area contributed by atoms with Gasteiger partial charge in [0, 0.05) is 23.1 Å². The van der Waals surface area contributed by atoms with Gasteiger partial charge in [0.1, 0.15) is 15.7 Å². The Bertz CT molecular complexity index is 1020. The fourth-order valence-electron chi connectivity index (χ4n) is 2.41. The number of nitrogens with one attached hydrogen (secondary N) is 1. The molecule has 144 valence electrons. The zero-order valence-electron chi connectivity index (χ0n) is 15.2. The lowest BCUT2D eigenvalue weighted by molar-refractivity contribution is 0.332. The molecule has 3 rings (SSSR count). The molecule has 0 spiro atoms. The first-order chi connectivity index (χ1) is 12.9. The fourth-order valence-corrected chi connectivity index (χ4v) is 4.64. The lowest BCUT2D eigenvalue weighted by Gasteiger charge is -2.14. The molecule has 0 saturated carbocycles. The lowest BCUT2D eigenvalue weighted by atomic mass is 10.2. The number of thiophene rings is 1. The van der Waals surface area contributed by atoms with Crippen molar-refractivity contribution >= 4 is 27.0 Å². The molecule has 2 heterocycles. The molecule has 1 N–H and O–H groups in total. The highest BCUT2D eigenvalue weighted by Crippen LogP contribution is 2.34. The van der Waals surface area contributed by atoms with Crippen molar-refractivity contribution < 1.29 is 22.4 Å². The number of nitrogens with zero attached hydrogens (tertiary/aromatic N) is 1. The number of hydrogen-bond acceptors (Lipinski definition) is 7. The average molecular weight is 409 g/mol. The maximum Gasteiger partial charge on any atom is 0.271 e. The van der Waals surface area contributed by atoms with E-state index in [9.17, 15) is 8.42 Å². The van der Waals surface area contributed by atoms with Gasteiger partial charge in [-0.3, -0.25) is 4.72 Å². The lowest BCUT2D eigenvalue weighted by Crippen LogP contribution is -2.13. The summed E-state index contributed by atoms with van der Waals surface area (Å²) in [6.45, 7) is 6.39. The Hall–Kier alpha value is -2.52. The van der Waals surface area contributed by atoms with Gasteiger partial charge >= 0.3 is 0 Å². The van der Waals surface area contributed by atoms with Crippen molar-refractivity contribution in [1.29, 1.82) is 0 Å². The maximum atomic E-state index is 12.8. The van der Waals surface area contributed by atoms with Crippen molar-refractivity contribution in [3.63, 3.8) is 0 Å². The quantitative estimate of drug-likeness (QED) is 0.597. The van der Waals surface area contributed by atoms with Crippen LogP contribution in [0.25, 0.3) is 11.3 Å². The molecule has 0 saturated heterocycles. The van der Waals surface area contributed by atoms with E-state index >= 15 is 0 Å². The van der Waals surface area contributed by atoms with Gasteiger partial charge in [-0.05, 0) is 39.0 Å². The van der Waals surface area contributed by atoms with Gasteiger partial charge in [0.25, 0.3) is 10.0 Å². The predicted octanol–water partition coefficient (Wildman–Crippen LogP) is 4.31. The molecule has 0 aliphatic carbocycles. The third-order valence-electron chi connectivity index (χ3n) is 3.56. The van der Waals surface area contributed by atoms with Crippen LogP contribution in [0.5, 0.6) is 11.5 Å². The van der Waals surface area contributed by atoms with Crippen LogP contribution in [0.4, 0.5) is 5.69 Å². The Labute approximate surface area is 162 Å². The fraction of sp³-hybridized carbons (Fsp3) is 0.278. The van der Waals surface area contributed by atoms with Crippen LogP contribution >= 0.6 is 11.3 Å². The summed E-state index contributed by atoms with van der Waals surface area (Å²) < 4.78 is 44.6. The third-order valence-corrected chi connectivity index (χ3v) is 6.36. The van der Waals surface area contributed by atoms with Crippen LogP contribution in [0.2, 0.25) is 0 Å². The Balaban J connectivity index is 1.90. The SMILES string of the molecule is CCOc1ccc(OCC)c(NS(=O)(=O)c2cc(-c3cc(C)no3)cs2)c1. The minimum absolute atomic E-state index is 0.163. The van der Waals surface area contributed by atoms with Crippen molar-refractivity contribution in [2.24, 2.45) is 0 Å². The first-order valence-electron chi connectivity index (χ1n) is 8.37. The summed E-state index contributed by atoms with van der Waals surface area (Å²) in [6.07, 6.45) is 0. The highest BCUT2D eigenvalue weighted by atomic mass is 32.2. The van der Waals surface area contributed by atoms with E-state index in [4.69, 9.17) is 14.0 Å². The van der Waals surface area contributed by atoms with Crippen LogP contribution in [-0.2, 0) is 10.0 Å². The smallest absolute Gasteiger partial charge is 0.271 e. The molecule has 0 aliphatic rings. The van der Waals surface area contributed by atoms with Crippen molar-refractivity contribution in [1.82, 2.24) is 5.16 Å². The van der Waals surface area contributed by atoms with E-state index < -0.39 is 10.0 Å². The van der Waals surface area contributed by atoms with Gasteiger partial charge in [-0.15, -0.1) is 11.3 Å². The van der Waals surface area contributed by atoms with E-state index in [1.807, 2.05) is 13.8 Å². The summed E-state index contributed by atoms with van der Waals surface area (Å²) in [5.74, 6) is 1.52. The van der Waals surface area contributed by atoms with E-state index in [1.54, 1.807) is 42.6 Å². The number of benzene rings is 1. The van der Waals surface area contributed by atoms with Gasteiger partial charge in [0.2, 0.25) is 0 Å². The Morgan fingerprint density at radius 1 is 1.15 bits per heavy atom. The Morgan fingerprint density at radius 2 is 1.93 bits per heavy atom. The number of aromatic nitrogens is 1. The number of hydrogen-bond donors (Lipinski definition) is 1. The highest BCUT2D eigenvalue weighted by molar-refractivity contribution is 7.94. The second-order valence-electron chi connectivity index (χ2n) is 5.62. The summed E-state index contributed by atoms with van der Waals surface area (Å²) in [4.78, 5) is 0. The number of anilines is 1. The van der Waals surface area contributed by atoms with Crippen LogP contribution in [-0.4, -0.2) is 26.8 Å². The van der Waals surface area contributed by atoms with E-state index in [0.717, 1.165) is 17.0 Å². The van der Waals surface area contributed by atoms with Crippen LogP contribution in [0.1, 0.15) is 19.5 Å². The van der Waals surface area contributed by atoms with Crippen LogP contribution in [0.15, 0.2) is 44.4 Å². The van der Waals surface area contributed by atoms with Crippen molar-refractivity contribution in [2.45, 2.75) is 25.0 Å². The largest absolute Gasteiger partial charge is 0.494 e. The number of sulfonamides is 1. The van der Waals surface area contributed by atoms with Gasteiger partial charge < -0.3 is 14.0 Å². The third kappa shape index (κ3) is 4.42. The summed E-state index contributed by atoms with van der Waals surface area (Å²) in [5, 5.41) is 5.54. The molecular formula is C18H20N2O5S2. The maximum absolute atomic E-state index is 12.8. The van der Waals surface area contributed by atoms with E-state index in [2.05, 4.69) is 9.88 Å². The second kappa shape index (κ2) is 8.01. The van der Waals surface area contributed by atoms with Gasteiger partial charge in [-0.1, -0.05) is 5.16 Å². The molecule has 0 amide bonds. The highest BCUT2D eigenvalue weighted by Gasteiger charge is 2.21. The Kier molecular flexibility index (Phi) is 5.71. The molecule has 0 aliphatic heterocycles. The topological polar surface area (TPSA) is 90.7 Å². The molecule has 27 heavy (non-hydrogen) atoms. The molecule has 0 fully saturated rings. The summed E-state index contributed by atoms with van der Waals surface area (Å²) >= 11 is 1.10. The molecule has 1 aromatic carbocycles. The molecule has 0 radical (unpaired) electrons. The molecule has 0 unspecified atom stereocenters. The van der Waals surface area contributed by atoms with Gasteiger partial charge in [-0.2, -0.15) is 0 Å². The molecule has 7 nitrogen and oxygen atoms in total. The summed E-state index contributed by atoms with van der Waals surface area (Å²) in [6, 6.07) is 8.34. The second-order valence-corrected chi connectivity index (χ2v) is 8.44. The van der Waals surface area contributed by atoms with Crippen molar-refractivity contribution in [2.75, 3.05) is 17.9 Å². The van der Waals surface area contributed by atoms with E-state index in [0.29, 0.717) is 41.7 Å². The molecule has 0 atom stereocenters. The monoisotopic (exact) mass is 408 g/mol. The van der Waals surface area contributed by atoms with E-state index in [-0.39, 0.29) is 4.21 Å². The summed E-state index contributed by atoms with van der Waals surface area (Å²) in [7, 11) is -3.80. The zero-order valence-corrected chi connectivity index (χ0v) is 16.8. The van der Waals surface area contributed by atoms with Crippen molar-refractivity contribution in [3.8, 4) is 22.8 Å². The Morgan fingerprint density at radius 3 is 2.59 bits per heavy atom. The molecular weight excluding hydrogens is 388 g/mol. The number of rotatable bonds is 8. The average Bonchev–Trinajstić information content (AvgIpc) is 3.26. The number of ether oxygens (including phenoxy) is 2. The first-order valence-corrected chi connectivity index (χ1v) is 10.7. The molecule has 0 bridgehead atoms. The van der Waals surface area contributed by atoms with E-state index in [1.165, 1.54) is 0 Å². The van der Waals surface area contributed by atoms with Gasteiger partial charge in [0.05, 0.1) is 24.6 Å². The molecule has 9 heteroatoms. The van der Waals surface area contributed by atoms with Crippen LogP contribution < -0.4 is 14.2 Å². The first kappa shape index (κ1) is 19.2. The minimum atomic E-state index is -3.80. The molecule has 3 aromatic rings. The minimum Gasteiger partial charge on any atom is -0.494 e. The van der Waals surface area contributed by atoms with Gasteiger partial charge in [0.15, 0.2) is 5.76 Å². The van der Waals surface area contributed by atoms with Crippen LogP contribution in [0, 0.1) is 6.92 Å². The normalized spacial score (nSPS) is 11.4. The molecule has 2 aromatic heterocycles. The summed E-state index contributed by atoms with van der Waals surface area (Å²) in [5.41, 5.74) is 1.72. The number of aryl methyl sites for hydroxylation is 1. The predicted molar refractivity (Wildman–Crippen MR) is 104 cm³/mol. The zero-order chi connectivity index (χ0) is 19.4.